The summed E-state index contributed by atoms with van der Waals surface area (Å²) in [4.78, 5) is 28.6. The van der Waals surface area contributed by atoms with Crippen LogP contribution in [0.4, 0.5) is 5.69 Å². The van der Waals surface area contributed by atoms with Crippen molar-refractivity contribution in [1.82, 2.24) is 4.98 Å². The van der Waals surface area contributed by atoms with E-state index in [0.29, 0.717) is 17.2 Å². The van der Waals surface area contributed by atoms with E-state index in [2.05, 4.69) is 15.0 Å². The van der Waals surface area contributed by atoms with Crippen LogP contribution in [-0.2, 0) is 16.0 Å². The van der Waals surface area contributed by atoms with Crippen molar-refractivity contribution in [3.8, 4) is 27.8 Å². The molecule has 3 aromatic rings. The largest absolute Gasteiger partial charge is 0.505 e. The number of ether oxygens (including phenoxy) is 3. The monoisotopic (exact) mass is 428 g/mol. The van der Waals surface area contributed by atoms with Gasteiger partial charge in [-0.15, -0.1) is 11.3 Å². The van der Waals surface area contributed by atoms with E-state index in [1.54, 1.807) is 31.7 Å². The second kappa shape index (κ2) is 9.27. The zero-order valence-electron chi connectivity index (χ0n) is 16.6. The standard InChI is InChI=1S/C21H20N2O6S/c1-27-16-8-7-12(9-17(16)28-2)20-22-13(11-30-20)10-18(24)23-15-6-4-5-14(19(15)25)21(26)29-3/h4-9,11,25H,10H2,1-3H3,(H,23,24). The number of phenols is 1. The number of carbonyl (C=O) groups excluding carboxylic acids is 2. The lowest BCUT2D eigenvalue weighted by Crippen LogP contribution is -2.15. The first-order chi connectivity index (χ1) is 14.5. The number of nitrogens with zero attached hydrogens (tertiary/aromatic N) is 1. The van der Waals surface area contributed by atoms with Gasteiger partial charge >= 0.3 is 5.97 Å². The zero-order valence-corrected chi connectivity index (χ0v) is 17.4. The SMILES string of the molecule is COC(=O)c1cccc(NC(=O)Cc2csc(-c3ccc(OC)c(OC)c3)n2)c1O. The highest BCUT2D eigenvalue weighted by molar-refractivity contribution is 7.13. The molecule has 0 unspecified atom stereocenters. The molecular weight excluding hydrogens is 408 g/mol. The van der Waals surface area contributed by atoms with Crippen molar-refractivity contribution in [1.29, 1.82) is 0 Å². The van der Waals surface area contributed by atoms with Gasteiger partial charge in [-0.3, -0.25) is 4.79 Å². The van der Waals surface area contributed by atoms with Gasteiger partial charge in [-0.05, 0) is 30.3 Å². The Balaban J connectivity index is 1.72. The number of phenolic OH excluding ortho intramolecular Hbond substituents is 1. The summed E-state index contributed by atoms with van der Waals surface area (Å²) >= 11 is 1.40. The summed E-state index contributed by atoms with van der Waals surface area (Å²) in [6, 6.07) is 9.92. The molecule has 0 bridgehead atoms. The van der Waals surface area contributed by atoms with E-state index in [4.69, 9.17) is 9.47 Å². The first kappa shape index (κ1) is 21.1. The van der Waals surface area contributed by atoms with Gasteiger partial charge in [0.25, 0.3) is 0 Å². The molecule has 156 valence electrons. The molecule has 0 aliphatic rings. The van der Waals surface area contributed by atoms with E-state index in [-0.39, 0.29) is 29.3 Å². The predicted molar refractivity (Wildman–Crippen MR) is 112 cm³/mol. The Hall–Kier alpha value is -3.59. The fourth-order valence-electron chi connectivity index (χ4n) is 2.77. The fourth-order valence-corrected chi connectivity index (χ4v) is 3.58. The van der Waals surface area contributed by atoms with Gasteiger partial charge < -0.3 is 24.6 Å². The van der Waals surface area contributed by atoms with Crippen LogP contribution in [-0.4, -0.2) is 43.3 Å². The van der Waals surface area contributed by atoms with Gasteiger partial charge in [-0.25, -0.2) is 9.78 Å². The number of anilines is 1. The van der Waals surface area contributed by atoms with Crippen LogP contribution in [0.15, 0.2) is 41.8 Å². The number of thiazole rings is 1. The maximum atomic E-state index is 12.4. The number of esters is 1. The zero-order chi connectivity index (χ0) is 21.7. The average Bonchev–Trinajstić information content (AvgIpc) is 3.22. The van der Waals surface area contributed by atoms with Crippen molar-refractivity contribution < 1.29 is 28.9 Å². The van der Waals surface area contributed by atoms with Crippen LogP contribution < -0.4 is 14.8 Å². The quantitative estimate of drug-likeness (QED) is 0.438. The van der Waals surface area contributed by atoms with E-state index in [0.717, 1.165) is 10.6 Å². The summed E-state index contributed by atoms with van der Waals surface area (Å²) in [6.07, 6.45) is 0.00564. The number of para-hydroxylation sites is 1. The van der Waals surface area contributed by atoms with Gasteiger partial charge in [0.15, 0.2) is 17.2 Å². The number of hydrogen-bond acceptors (Lipinski definition) is 8. The molecule has 9 heteroatoms. The molecule has 30 heavy (non-hydrogen) atoms. The van der Waals surface area contributed by atoms with Gasteiger partial charge in [-0.2, -0.15) is 0 Å². The van der Waals surface area contributed by atoms with Gasteiger partial charge in [0.05, 0.1) is 39.1 Å². The van der Waals surface area contributed by atoms with E-state index in [1.807, 2.05) is 12.1 Å². The number of amides is 1. The van der Waals surface area contributed by atoms with Crippen molar-refractivity contribution in [2.45, 2.75) is 6.42 Å². The maximum Gasteiger partial charge on any atom is 0.341 e. The highest BCUT2D eigenvalue weighted by atomic mass is 32.1. The molecule has 8 nitrogen and oxygen atoms in total. The number of aromatic nitrogens is 1. The molecule has 0 saturated heterocycles. The molecule has 0 saturated carbocycles. The van der Waals surface area contributed by atoms with Crippen LogP contribution >= 0.6 is 11.3 Å². The molecule has 1 amide bonds. The Morgan fingerprint density at radius 3 is 2.57 bits per heavy atom. The van der Waals surface area contributed by atoms with Crippen LogP contribution in [0.25, 0.3) is 10.6 Å². The predicted octanol–water partition coefficient (Wildman–Crippen LogP) is 3.50. The molecule has 3 rings (SSSR count). The molecular formula is C21H20N2O6S. The second-order valence-electron chi connectivity index (χ2n) is 6.13. The summed E-state index contributed by atoms with van der Waals surface area (Å²) in [7, 11) is 4.34. The average molecular weight is 428 g/mol. The molecule has 0 radical (unpaired) electrons. The van der Waals surface area contributed by atoms with Crippen molar-refractivity contribution in [3.63, 3.8) is 0 Å². The summed E-state index contributed by atoms with van der Waals surface area (Å²) in [5, 5.41) is 15.3. The first-order valence-corrected chi connectivity index (χ1v) is 9.71. The van der Waals surface area contributed by atoms with Crippen molar-refractivity contribution in [2.24, 2.45) is 0 Å². The Bertz CT molecular complexity index is 1080. The Kier molecular flexibility index (Phi) is 6.53. The molecule has 2 N–H and O–H groups in total. The van der Waals surface area contributed by atoms with Crippen LogP contribution in [0.2, 0.25) is 0 Å². The smallest absolute Gasteiger partial charge is 0.341 e. The molecule has 0 aliphatic heterocycles. The second-order valence-corrected chi connectivity index (χ2v) is 6.99. The first-order valence-electron chi connectivity index (χ1n) is 8.83. The molecule has 0 fully saturated rings. The van der Waals surface area contributed by atoms with Gasteiger partial charge in [0.1, 0.15) is 10.6 Å². The third-order valence-corrected chi connectivity index (χ3v) is 5.18. The number of carbonyl (C=O) groups is 2. The lowest BCUT2D eigenvalue weighted by Gasteiger charge is -2.09. The van der Waals surface area contributed by atoms with Crippen LogP contribution in [0.5, 0.6) is 17.2 Å². The molecule has 1 heterocycles. The van der Waals surface area contributed by atoms with E-state index in [1.165, 1.54) is 30.6 Å². The summed E-state index contributed by atoms with van der Waals surface area (Å²) < 4.78 is 15.2. The number of hydrogen-bond donors (Lipinski definition) is 2. The third-order valence-electron chi connectivity index (χ3n) is 4.24. The number of nitrogens with one attached hydrogen (secondary N) is 1. The van der Waals surface area contributed by atoms with E-state index < -0.39 is 5.97 Å². The summed E-state index contributed by atoms with van der Waals surface area (Å²) in [5.74, 6) is -0.210. The number of rotatable bonds is 7. The Morgan fingerprint density at radius 2 is 1.87 bits per heavy atom. The van der Waals surface area contributed by atoms with Crippen molar-refractivity contribution in [3.05, 3.63) is 53.0 Å². The van der Waals surface area contributed by atoms with Crippen LogP contribution in [0.1, 0.15) is 16.1 Å². The number of benzene rings is 2. The maximum absolute atomic E-state index is 12.4. The lowest BCUT2D eigenvalue weighted by atomic mass is 10.1. The molecule has 0 aliphatic carbocycles. The molecule has 0 spiro atoms. The topological polar surface area (TPSA) is 107 Å². The third kappa shape index (κ3) is 4.52. The summed E-state index contributed by atoms with van der Waals surface area (Å²) in [6.45, 7) is 0. The summed E-state index contributed by atoms with van der Waals surface area (Å²) in [5.41, 5.74) is 1.51. The fraction of sp³-hybridized carbons (Fsp3) is 0.190. The molecule has 2 aromatic carbocycles. The number of methoxy groups -OCH3 is 3. The Labute approximate surface area is 177 Å². The van der Waals surface area contributed by atoms with Gasteiger partial charge in [0.2, 0.25) is 5.91 Å². The van der Waals surface area contributed by atoms with Crippen molar-refractivity contribution >= 4 is 28.9 Å². The van der Waals surface area contributed by atoms with Crippen molar-refractivity contribution in [2.75, 3.05) is 26.6 Å². The lowest BCUT2D eigenvalue weighted by molar-refractivity contribution is -0.115. The normalized spacial score (nSPS) is 10.4. The minimum atomic E-state index is -0.692. The van der Waals surface area contributed by atoms with E-state index in [9.17, 15) is 14.7 Å². The minimum Gasteiger partial charge on any atom is -0.505 e. The van der Waals surface area contributed by atoms with Crippen LogP contribution in [0, 0.1) is 0 Å². The highest BCUT2D eigenvalue weighted by Crippen LogP contribution is 2.34. The van der Waals surface area contributed by atoms with Crippen LogP contribution in [0.3, 0.4) is 0 Å². The Morgan fingerprint density at radius 1 is 1.10 bits per heavy atom. The molecule has 1 aromatic heterocycles. The van der Waals surface area contributed by atoms with E-state index >= 15 is 0 Å². The number of aromatic hydroxyl groups is 1. The molecule has 0 atom stereocenters. The highest BCUT2D eigenvalue weighted by Gasteiger charge is 2.17. The van der Waals surface area contributed by atoms with Gasteiger partial charge in [-0.1, -0.05) is 6.07 Å². The minimum absolute atomic E-state index is 0.00564. The van der Waals surface area contributed by atoms with Gasteiger partial charge in [0, 0.05) is 10.9 Å².